The fourth-order valence-electron chi connectivity index (χ4n) is 2.30. The van der Waals surface area contributed by atoms with Crippen LogP contribution in [0.25, 0.3) is 11.0 Å². The van der Waals surface area contributed by atoms with Crippen LogP contribution in [0, 0.1) is 0 Å². The number of fused-ring (bicyclic) bond motifs is 1. The molecule has 1 atom stereocenters. The molecule has 1 unspecified atom stereocenters. The number of aromatic hydroxyl groups is 1. The lowest BCUT2D eigenvalue weighted by Gasteiger charge is -2.16. The van der Waals surface area contributed by atoms with Crippen molar-refractivity contribution in [2.75, 3.05) is 5.32 Å². The van der Waals surface area contributed by atoms with E-state index >= 15 is 0 Å². The van der Waals surface area contributed by atoms with E-state index in [4.69, 9.17) is 0 Å². The molecule has 20 heavy (non-hydrogen) atoms. The highest BCUT2D eigenvalue weighted by Gasteiger charge is 2.10. The van der Waals surface area contributed by atoms with Crippen LogP contribution in [0.15, 0.2) is 47.3 Å². The molecule has 3 aromatic rings. The summed E-state index contributed by atoms with van der Waals surface area (Å²) in [4.78, 5) is 16.6. The van der Waals surface area contributed by atoms with Crippen molar-refractivity contribution in [1.29, 1.82) is 0 Å². The van der Waals surface area contributed by atoms with E-state index in [1.54, 1.807) is 12.1 Å². The van der Waals surface area contributed by atoms with Gasteiger partial charge in [-0.1, -0.05) is 18.2 Å². The van der Waals surface area contributed by atoms with Crippen LogP contribution in [0.5, 0.6) is 5.75 Å². The van der Waals surface area contributed by atoms with E-state index in [0.717, 1.165) is 22.3 Å². The highest BCUT2D eigenvalue weighted by Crippen LogP contribution is 2.27. The lowest BCUT2D eigenvalue weighted by molar-refractivity contribution is 0.465. The molecule has 0 fully saturated rings. The molecule has 1 heterocycles. The number of phenolic OH excluding ortho intramolecular Hbond substituents is 1. The number of phenols is 1. The van der Waals surface area contributed by atoms with Gasteiger partial charge in [0.15, 0.2) is 0 Å². The number of hydrogen-bond acceptors (Lipinski definition) is 3. The fourth-order valence-corrected chi connectivity index (χ4v) is 2.30. The van der Waals surface area contributed by atoms with E-state index in [1.807, 2.05) is 37.3 Å². The third kappa shape index (κ3) is 2.25. The Labute approximate surface area is 115 Å². The molecule has 0 bridgehead atoms. The van der Waals surface area contributed by atoms with Crippen molar-refractivity contribution in [3.05, 3.63) is 58.5 Å². The first-order chi connectivity index (χ1) is 9.63. The number of para-hydroxylation sites is 1. The predicted molar refractivity (Wildman–Crippen MR) is 79.1 cm³/mol. The van der Waals surface area contributed by atoms with Gasteiger partial charge in [-0.2, -0.15) is 0 Å². The number of aromatic nitrogens is 2. The van der Waals surface area contributed by atoms with E-state index in [2.05, 4.69) is 15.3 Å². The highest BCUT2D eigenvalue weighted by atomic mass is 16.3. The van der Waals surface area contributed by atoms with Crippen molar-refractivity contribution in [3.63, 3.8) is 0 Å². The van der Waals surface area contributed by atoms with Crippen molar-refractivity contribution in [2.24, 2.45) is 0 Å². The molecule has 2 aromatic carbocycles. The molecule has 0 aliphatic rings. The van der Waals surface area contributed by atoms with Gasteiger partial charge in [-0.05, 0) is 31.2 Å². The van der Waals surface area contributed by atoms with E-state index in [9.17, 15) is 9.90 Å². The van der Waals surface area contributed by atoms with Crippen LogP contribution in [0.1, 0.15) is 18.5 Å². The largest absolute Gasteiger partial charge is 0.508 e. The molecule has 5 nitrogen and oxygen atoms in total. The molecule has 0 aliphatic carbocycles. The Hall–Kier alpha value is -2.69. The number of hydrogen-bond donors (Lipinski definition) is 4. The molecule has 4 N–H and O–H groups in total. The number of rotatable bonds is 3. The van der Waals surface area contributed by atoms with Crippen molar-refractivity contribution in [1.82, 2.24) is 9.97 Å². The molecule has 102 valence electrons. The number of nitrogens with one attached hydrogen (secondary N) is 3. The Balaban J connectivity index is 1.89. The van der Waals surface area contributed by atoms with Crippen molar-refractivity contribution >= 4 is 16.7 Å². The highest BCUT2D eigenvalue weighted by molar-refractivity contribution is 5.78. The molecule has 0 aliphatic heterocycles. The van der Waals surface area contributed by atoms with E-state index in [0.29, 0.717) is 0 Å². The number of aromatic amines is 2. The molecular weight excluding hydrogens is 254 g/mol. The van der Waals surface area contributed by atoms with Gasteiger partial charge in [-0.3, -0.25) is 0 Å². The van der Waals surface area contributed by atoms with Gasteiger partial charge in [-0.25, -0.2) is 4.79 Å². The Morgan fingerprint density at radius 2 is 1.85 bits per heavy atom. The normalized spacial score (nSPS) is 12.4. The second-order valence-electron chi connectivity index (χ2n) is 4.76. The van der Waals surface area contributed by atoms with Crippen LogP contribution in [0.2, 0.25) is 0 Å². The van der Waals surface area contributed by atoms with Crippen LogP contribution in [0.3, 0.4) is 0 Å². The number of H-pyrrole nitrogens is 2. The minimum absolute atomic E-state index is 0.0423. The first kappa shape index (κ1) is 12.3. The van der Waals surface area contributed by atoms with Gasteiger partial charge in [0.2, 0.25) is 0 Å². The van der Waals surface area contributed by atoms with E-state index < -0.39 is 0 Å². The van der Waals surface area contributed by atoms with E-state index in [1.165, 1.54) is 0 Å². The Morgan fingerprint density at radius 1 is 1.10 bits per heavy atom. The van der Waals surface area contributed by atoms with Crippen LogP contribution in [-0.2, 0) is 0 Å². The standard InChI is InChI=1S/C15H15N3O2/c1-9(11-4-2-3-5-14(11)19)16-10-6-7-12-13(8-10)18-15(20)17-12/h2-9,16,19H,1H3,(H2,17,18,20). The summed E-state index contributed by atoms with van der Waals surface area (Å²) in [5.74, 6) is 0.267. The minimum atomic E-state index is -0.217. The van der Waals surface area contributed by atoms with Crippen molar-refractivity contribution in [2.45, 2.75) is 13.0 Å². The molecule has 5 heteroatoms. The fraction of sp³-hybridized carbons (Fsp3) is 0.133. The first-order valence-electron chi connectivity index (χ1n) is 6.40. The van der Waals surface area contributed by atoms with Crippen molar-refractivity contribution < 1.29 is 5.11 Å². The SMILES string of the molecule is CC(Nc1ccc2[nH]c(=O)[nH]c2c1)c1ccccc1O. The predicted octanol–water partition coefficient (Wildman–Crippen LogP) is 2.73. The Bertz CT molecular complexity index is 804. The lowest BCUT2D eigenvalue weighted by Crippen LogP contribution is -2.06. The number of imidazole rings is 1. The quantitative estimate of drug-likeness (QED) is 0.590. The van der Waals surface area contributed by atoms with Gasteiger partial charge in [0.1, 0.15) is 5.75 Å². The smallest absolute Gasteiger partial charge is 0.323 e. The van der Waals surface area contributed by atoms with Gasteiger partial charge < -0.3 is 20.4 Å². The summed E-state index contributed by atoms with van der Waals surface area (Å²) < 4.78 is 0. The maximum Gasteiger partial charge on any atom is 0.323 e. The van der Waals surface area contributed by atoms with Gasteiger partial charge in [0.25, 0.3) is 0 Å². The topological polar surface area (TPSA) is 80.9 Å². The van der Waals surface area contributed by atoms with Gasteiger partial charge in [0.05, 0.1) is 17.1 Å². The summed E-state index contributed by atoms with van der Waals surface area (Å²) >= 11 is 0. The molecule has 0 amide bonds. The number of anilines is 1. The zero-order chi connectivity index (χ0) is 14.1. The third-order valence-electron chi connectivity index (χ3n) is 3.30. The van der Waals surface area contributed by atoms with Crippen molar-refractivity contribution in [3.8, 4) is 5.75 Å². The lowest BCUT2D eigenvalue weighted by atomic mass is 10.1. The van der Waals surface area contributed by atoms with Crippen LogP contribution >= 0.6 is 0 Å². The number of benzene rings is 2. The Morgan fingerprint density at radius 3 is 2.65 bits per heavy atom. The molecular formula is C15H15N3O2. The van der Waals surface area contributed by atoms with E-state index in [-0.39, 0.29) is 17.5 Å². The van der Waals surface area contributed by atoms with Crippen LogP contribution in [-0.4, -0.2) is 15.1 Å². The summed E-state index contributed by atoms with van der Waals surface area (Å²) in [6, 6.07) is 12.8. The molecule has 3 rings (SSSR count). The summed E-state index contributed by atoms with van der Waals surface area (Å²) in [5, 5.41) is 13.1. The monoisotopic (exact) mass is 269 g/mol. The maximum absolute atomic E-state index is 11.2. The second kappa shape index (κ2) is 4.77. The van der Waals surface area contributed by atoms with Gasteiger partial charge in [0, 0.05) is 11.3 Å². The maximum atomic E-state index is 11.2. The van der Waals surface area contributed by atoms with Crippen LogP contribution in [0.4, 0.5) is 5.69 Å². The second-order valence-corrected chi connectivity index (χ2v) is 4.76. The molecule has 0 radical (unpaired) electrons. The van der Waals surface area contributed by atoms with Crippen LogP contribution < -0.4 is 11.0 Å². The molecule has 0 saturated heterocycles. The van der Waals surface area contributed by atoms with Gasteiger partial charge >= 0.3 is 5.69 Å². The first-order valence-corrected chi connectivity index (χ1v) is 6.40. The summed E-state index contributed by atoms with van der Waals surface area (Å²) in [6.45, 7) is 1.97. The summed E-state index contributed by atoms with van der Waals surface area (Å²) in [7, 11) is 0. The summed E-state index contributed by atoms with van der Waals surface area (Å²) in [6.07, 6.45) is 0. The minimum Gasteiger partial charge on any atom is -0.508 e. The average Bonchev–Trinajstić information content (AvgIpc) is 2.78. The average molecular weight is 269 g/mol. The third-order valence-corrected chi connectivity index (χ3v) is 3.30. The zero-order valence-electron chi connectivity index (χ0n) is 11.0. The Kier molecular flexibility index (Phi) is 2.95. The zero-order valence-corrected chi connectivity index (χ0v) is 11.0. The van der Waals surface area contributed by atoms with Gasteiger partial charge in [-0.15, -0.1) is 0 Å². The molecule has 1 aromatic heterocycles. The molecule has 0 spiro atoms. The molecule has 0 saturated carbocycles. The summed E-state index contributed by atoms with van der Waals surface area (Å²) in [5.41, 5.74) is 3.02.